The van der Waals surface area contributed by atoms with Crippen molar-refractivity contribution in [1.82, 2.24) is 15.1 Å². The summed E-state index contributed by atoms with van der Waals surface area (Å²) in [5, 5.41) is 2.49. The lowest BCUT2D eigenvalue weighted by atomic mass is 10.1. The molecular weight excluding hydrogens is 440 g/mol. The maximum Gasteiger partial charge on any atom is 0.410 e. The molecule has 3 atom stereocenters. The molecule has 0 aromatic heterocycles. The molecule has 188 valence electrons. The number of aldehydes is 1. The molecule has 1 aliphatic heterocycles. The van der Waals surface area contributed by atoms with Gasteiger partial charge in [0.15, 0.2) is 0 Å². The molecule has 0 spiro atoms. The SMILES string of the molecule is CN1C(CCN(CC(C=O)NC(=O)OC(C)(C)C)C(=O)OCc2ccccc2)CCC1C(N)=O. The monoisotopic (exact) mass is 476 g/mol. The maximum absolute atomic E-state index is 12.9. The summed E-state index contributed by atoms with van der Waals surface area (Å²) in [6.07, 6.45) is 1.19. The molecule has 0 bridgehead atoms. The third-order valence-electron chi connectivity index (χ3n) is 5.65. The van der Waals surface area contributed by atoms with Crippen molar-refractivity contribution in [3.63, 3.8) is 0 Å². The fourth-order valence-electron chi connectivity index (χ4n) is 3.89. The highest BCUT2D eigenvalue weighted by Crippen LogP contribution is 2.24. The molecule has 1 saturated heterocycles. The number of ether oxygens (including phenoxy) is 2. The van der Waals surface area contributed by atoms with Gasteiger partial charge in [0.1, 0.15) is 24.5 Å². The van der Waals surface area contributed by atoms with Gasteiger partial charge in [-0.1, -0.05) is 30.3 Å². The van der Waals surface area contributed by atoms with Gasteiger partial charge in [0, 0.05) is 12.6 Å². The van der Waals surface area contributed by atoms with Crippen molar-refractivity contribution in [3.8, 4) is 0 Å². The van der Waals surface area contributed by atoms with Crippen molar-refractivity contribution in [3.05, 3.63) is 35.9 Å². The second kappa shape index (κ2) is 12.4. The van der Waals surface area contributed by atoms with Crippen LogP contribution in [-0.4, -0.2) is 78.0 Å². The van der Waals surface area contributed by atoms with Gasteiger partial charge in [-0.3, -0.25) is 9.69 Å². The number of benzene rings is 1. The number of nitrogens with two attached hydrogens (primary N) is 1. The molecular formula is C24H36N4O6. The van der Waals surface area contributed by atoms with E-state index in [1.165, 1.54) is 4.90 Å². The van der Waals surface area contributed by atoms with Crippen molar-refractivity contribution in [2.24, 2.45) is 5.73 Å². The molecule has 34 heavy (non-hydrogen) atoms. The Morgan fingerprint density at radius 1 is 1.24 bits per heavy atom. The van der Waals surface area contributed by atoms with Gasteiger partial charge in [-0.25, -0.2) is 9.59 Å². The lowest BCUT2D eigenvalue weighted by molar-refractivity contribution is -0.122. The first-order valence-electron chi connectivity index (χ1n) is 11.4. The normalized spacial score (nSPS) is 19.2. The van der Waals surface area contributed by atoms with E-state index in [0.717, 1.165) is 12.0 Å². The summed E-state index contributed by atoms with van der Waals surface area (Å²) < 4.78 is 10.7. The van der Waals surface area contributed by atoms with E-state index in [2.05, 4.69) is 5.32 Å². The Labute approximate surface area is 200 Å². The second-order valence-electron chi connectivity index (χ2n) is 9.48. The molecule has 1 aromatic carbocycles. The number of hydrogen-bond acceptors (Lipinski definition) is 7. The summed E-state index contributed by atoms with van der Waals surface area (Å²) in [4.78, 5) is 51.6. The Bertz CT molecular complexity index is 842. The second-order valence-corrected chi connectivity index (χ2v) is 9.48. The third kappa shape index (κ3) is 8.66. The van der Waals surface area contributed by atoms with Crippen molar-refractivity contribution in [2.45, 2.75) is 70.4 Å². The highest BCUT2D eigenvalue weighted by molar-refractivity contribution is 5.80. The Kier molecular flexibility index (Phi) is 9.85. The minimum Gasteiger partial charge on any atom is -0.445 e. The summed E-state index contributed by atoms with van der Waals surface area (Å²) in [5.41, 5.74) is 5.57. The van der Waals surface area contributed by atoms with Gasteiger partial charge in [-0.15, -0.1) is 0 Å². The molecule has 10 nitrogen and oxygen atoms in total. The van der Waals surface area contributed by atoms with E-state index in [9.17, 15) is 19.2 Å². The highest BCUT2D eigenvalue weighted by atomic mass is 16.6. The number of carbonyl (C=O) groups excluding carboxylic acids is 4. The summed E-state index contributed by atoms with van der Waals surface area (Å²) in [6.45, 7) is 5.42. The van der Waals surface area contributed by atoms with Gasteiger partial charge in [0.25, 0.3) is 0 Å². The Hall–Kier alpha value is -3.14. The van der Waals surface area contributed by atoms with E-state index in [-0.39, 0.29) is 37.7 Å². The first-order valence-corrected chi connectivity index (χ1v) is 11.4. The average molecular weight is 477 g/mol. The molecule has 1 heterocycles. The van der Waals surface area contributed by atoms with Crippen LogP contribution in [0.15, 0.2) is 30.3 Å². The number of primary amides is 1. The standard InChI is InChI=1S/C24H36N4O6/c1-24(2,3)34-22(31)26-18(15-29)14-28(23(32)33-16-17-8-6-5-7-9-17)13-12-19-10-11-20(21(25)30)27(19)4/h5-9,15,18-20H,10-14,16H2,1-4H3,(H2,25,30)(H,26,31). The minimum absolute atomic E-state index is 0.0513. The number of carbonyl (C=O) groups is 4. The number of alkyl carbamates (subject to hydrolysis) is 1. The minimum atomic E-state index is -0.973. The third-order valence-corrected chi connectivity index (χ3v) is 5.65. The van der Waals surface area contributed by atoms with E-state index >= 15 is 0 Å². The van der Waals surface area contributed by atoms with Gasteiger partial charge in [0.05, 0.1) is 12.6 Å². The highest BCUT2D eigenvalue weighted by Gasteiger charge is 2.34. The van der Waals surface area contributed by atoms with Crippen molar-refractivity contribution in [1.29, 1.82) is 0 Å². The average Bonchev–Trinajstić information content (AvgIpc) is 3.14. The summed E-state index contributed by atoms with van der Waals surface area (Å²) >= 11 is 0. The Morgan fingerprint density at radius 3 is 2.47 bits per heavy atom. The van der Waals surface area contributed by atoms with Crippen LogP contribution in [0.3, 0.4) is 0 Å². The van der Waals surface area contributed by atoms with E-state index in [1.807, 2.05) is 42.3 Å². The van der Waals surface area contributed by atoms with Crippen molar-refractivity contribution >= 4 is 24.4 Å². The van der Waals surface area contributed by atoms with E-state index in [0.29, 0.717) is 19.1 Å². The molecule has 3 N–H and O–H groups in total. The molecule has 0 saturated carbocycles. The number of likely N-dealkylation sites (tertiary alicyclic amines) is 1. The zero-order valence-electron chi connectivity index (χ0n) is 20.4. The van der Waals surface area contributed by atoms with Crippen LogP contribution in [0.25, 0.3) is 0 Å². The molecule has 10 heteroatoms. The molecule has 3 unspecified atom stereocenters. The van der Waals surface area contributed by atoms with Gasteiger partial charge < -0.3 is 30.2 Å². The molecule has 3 amide bonds. The van der Waals surface area contributed by atoms with Crippen LogP contribution in [0, 0.1) is 0 Å². The first-order chi connectivity index (χ1) is 16.0. The number of hydrogen-bond donors (Lipinski definition) is 2. The maximum atomic E-state index is 12.9. The zero-order valence-corrected chi connectivity index (χ0v) is 20.4. The smallest absolute Gasteiger partial charge is 0.410 e. The number of nitrogens with zero attached hydrogens (tertiary/aromatic N) is 2. The van der Waals surface area contributed by atoms with Crippen LogP contribution in [-0.2, 0) is 25.7 Å². The Morgan fingerprint density at radius 2 is 1.91 bits per heavy atom. The summed E-state index contributed by atoms with van der Waals surface area (Å²) in [7, 11) is 1.84. The molecule has 0 radical (unpaired) electrons. The van der Waals surface area contributed by atoms with Crippen LogP contribution in [0.2, 0.25) is 0 Å². The fraction of sp³-hybridized carbons (Fsp3) is 0.583. The van der Waals surface area contributed by atoms with E-state index in [1.54, 1.807) is 20.8 Å². The predicted molar refractivity (Wildman–Crippen MR) is 126 cm³/mol. The number of rotatable bonds is 10. The van der Waals surface area contributed by atoms with Crippen LogP contribution in [0.5, 0.6) is 0 Å². The van der Waals surface area contributed by atoms with Crippen LogP contribution in [0.4, 0.5) is 9.59 Å². The number of likely N-dealkylation sites (N-methyl/N-ethyl adjacent to an activating group) is 1. The topological polar surface area (TPSA) is 131 Å². The molecule has 1 aliphatic rings. The van der Waals surface area contributed by atoms with Crippen molar-refractivity contribution in [2.75, 3.05) is 20.1 Å². The first kappa shape index (κ1) is 27.1. The molecule has 1 aromatic rings. The molecule has 0 aliphatic carbocycles. The van der Waals surface area contributed by atoms with Gasteiger partial charge in [-0.2, -0.15) is 0 Å². The zero-order chi connectivity index (χ0) is 25.3. The summed E-state index contributed by atoms with van der Waals surface area (Å²) in [6, 6.07) is 7.99. The predicted octanol–water partition coefficient (Wildman–Crippen LogP) is 2.06. The van der Waals surface area contributed by atoms with Crippen molar-refractivity contribution < 1.29 is 28.7 Å². The number of nitrogens with one attached hydrogen (secondary N) is 1. The Balaban J connectivity index is 2.04. The number of amides is 3. The largest absolute Gasteiger partial charge is 0.445 e. The van der Waals surface area contributed by atoms with Gasteiger partial charge in [-0.05, 0) is 52.6 Å². The van der Waals surface area contributed by atoms with Crippen LogP contribution >= 0.6 is 0 Å². The van der Waals surface area contributed by atoms with Crippen LogP contribution < -0.4 is 11.1 Å². The molecule has 2 rings (SSSR count). The van der Waals surface area contributed by atoms with E-state index < -0.39 is 23.8 Å². The summed E-state index contributed by atoms with van der Waals surface area (Å²) in [5.74, 6) is -0.369. The molecule has 1 fully saturated rings. The quantitative estimate of drug-likeness (QED) is 0.494. The van der Waals surface area contributed by atoms with Gasteiger partial charge in [0.2, 0.25) is 5.91 Å². The lowest BCUT2D eigenvalue weighted by Gasteiger charge is -2.29. The van der Waals surface area contributed by atoms with Crippen LogP contribution in [0.1, 0.15) is 45.6 Å². The van der Waals surface area contributed by atoms with E-state index in [4.69, 9.17) is 15.2 Å². The lowest BCUT2D eigenvalue weighted by Crippen LogP contribution is -2.49. The van der Waals surface area contributed by atoms with Gasteiger partial charge >= 0.3 is 12.2 Å². The fourth-order valence-corrected chi connectivity index (χ4v) is 3.89.